The summed E-state index contributed by atoms with van der Waals surface area (Å²) in [4.78, 5) is 10.7. The molecule has 1 aromatic rings. The molecule has 0 aromatic heterocycles. The summed E-state index contributed by atoms with van der Waals surface area (Å²) in [5.74, 6) is 5.27. The monoisotopic (exact) mass is 256 g/mol. The van der Waals surface area contributed by atoms with Crippen LogP contribution in [0.25, 0.3) is 0 Å². The number of carbonyl (C=O) groups is 1. The lowest BCUT2D eigenvalue weighted by Gasteiger charge is -2.13. The Morgan fingerprint density at radius 1 is 1.32 bits per heavy atom. The van der Waals surface area contributed by atoms with Crippen LogP contribution in [-0.4, -0.2) is 17.2 Å². The van der Waals surface area contributed by atoms with E-state index in [4.69, 9.17) is 9.84 Å². The molecule has 0 amide bonds. The Hall–Kier alpha value is -1.97. The standard InChI is InChI=1S/C16H16O3/c17-16(18)14-10-8-13(9-11-14)12-19-15-6-4-2-1-3-5-7-15/h8,10,15H,1-4,6,12H2,(H,17,18). The summed E-state index contributed by atoms with van der Waals surface area (Å²) in [6.07, 6.45) is 5.43. The van der Waals surface area contributed by atoms with E-state index in [0.717, 1.165) is 24.8 Å². The van der Waals surface area contributed by atoms with E-state index in [0.29, 0.717) is 6.61 Å². The zero-order chi connectivity index (χ0) is 13.5. The van der Waals surface area contributed by atoms with Crippen molar-refractivity contribution in [2.45, 2.75) is 44.8 Å². The minimum absolute atomic E-state index is 0.0205. The molecule has 2 rings (SSSR count). The zero-order valence-electron chi connectivity index (χ0n) is 10.7. The van der Waals surface area contributed by atoms with E-state index >= 15 is 0 Å². The molecule has 1 aromatic carbocycles. The fourth-order valence-electron chi connectivity index (χ4n) is 1.92. The topological polar surface area (TPSA) is 46.5 Å². The van der Waals surface area contributed by atoms with Crippen LogP contribution in [0, 0.1) is 24.0 Å². The third-order valence-electron chi connectivity index (χ3n) is 3.01. The Morgan fingerprint density at radius 2 is 2.21 bits per heavy atom. The van der Waals surface area contributed by atoms with Crippen molar-refractivity contribution < 1.29 is 14.6 Å². The summed E-state index contributed by atoms with van der Waals surface area (Å²) >= 11 is 0. The molecule has 0 radical (unpaired) electrons. The molecule has 1 N–H and O–H groups in total. The molecule has 0 saturated heterocycles. The van der Waals surface area contributed by atoms with Crippen LogP contribution in [0.4, 0.5) is 0 Å². The Bertz CT molecular complexity index is 479. The van der Waals surface area contributed by atoms with Gasteiger partial charge in [0.2, 0.25) is 0 Å². The van der Waals surface area contributed by atoms with Gasteiger partial charge < -0.3 is 9.84 Å². The number of hydrogen-bond donors (Lipinski definition) is 1. The molecule has 3 heteroatoms. The SMILES string of the molecule is O=C(O)c1c#cc(COC2C#CCCCCC2)cc1. The molecule has 19 heavy (non-hydrogen) atoms. The van der Waals surface area contributed by atoms with Crippen LogP contribution in [0.15, 0.2) is 12.1 Å². The van der Waals surface area contributed by atoms with Crippen molar-refractivity contribution in [3.8, 4) is 11.8 Å². The minimum Gasteiger partial charge on any atom is -0.477 e. The van der Waals surface area contributed by atoms with Crippen LogP contribution in [0.5, 0.6) is 0 Å². The van der Waals surface area contributed by atoms with Crippen LogP contribution in [0.2, 0.25) is 0 Å². The van der Waals surface area contributed by atoms with Gasteiger partial charge >= 0.3 is 5.97 Å². The zero-order valence-corrected chi connectivity index (χ0v) is 10.7. The molecule has 98 valence electrons. The van der Waals surface area contributed by atoms with Gasteiger partial charge in [-0.05, 0) is 31.4 Å². The molecular formula is C16H16O3. The molecule has 0 aliphatic heterocycles. The van der Waals surface area contributed by atoms with Crippen molar-refractivity contribution in [3.63, 3.8) is 0 Å². The Labute approximate surface area is 113 Å². The van der Waals surface area contributed by atoms with Crippen molar-refractivity contribution in [2.75, 3.05) is 0 Å². The highest BCUT2D eigenvalue weighted by Crippen LogP contribution is 2.12. The van der Waals surface area contributed by atoms with E-state index in [2.05, 4.69) is 24.0 Å². The normalized spacial score (nSPS) is 18.4. The lowest BCUT2D eigenvalue weighted by Crippen LogP contribution is -2.11. The summed E-state index contributed by atoms with van der Waals surface area (Å²) < 4.78 is 5.73. The summed E-state index contributed by atoms with van der Waals surface area (Å²) in [5.41, 5.74) is 0.920. The van der Waals surface area contributed by atoms with Gasteiger partial charge in [-0.1, -0.05) is 24.5 Å². The van der Waals surface area contributed by atoms with Gasteiger partial charge in [-0.3, -0.25) is 0 Å². The van der Waals surface area contributed by atoms with E-state index in [1.807, 2.05) is 0 Å². The number of ether oxygens (including phenoxy) is 1. The van der Waals surface area contributed by atoms with Crippen molar-refractivity contribution in [3.05, 3.63) is 35.4 Å². The van der Waals surface area contributed by atoms with E-state index in [9.17, 15) is 4.79 Å². The maximum Gasteiger partial charge on any atom is 0.344 e. The first-order valence-corrected chi connectivity index (χ1v) is 6.52. The van der Waals surface area contributed by atoms with E-state index < -0.39 is 5.97 Å². The average molecular weight is 256 g/mol. The minimum atomic E-state index is -0.991. The van der Waals surface area contributed by atoms with Gasteiger partial charge in [-0.15, -0.1) is 5.92 Å². The van der Waals surface area contributed by atoms with E-state index in [1.54, 1.807) is 6.07 Å². The molecule has 1 atom stereocenters. The highest BCUT2D eigenvalue weighted by atomic mass is 16.5. The molecule has 0 fully saturated rings. The van der Waals surface area contributed by atoms with Gasteiger partial charge in [-0.25, -0.2) is 4.79 Å². The van der Waals surface area contributed by atoms with Gasteiger partial charge in [0, 0.05) is 12.0 Å². The maximum absolute atomic E-state index is 10.7. The van der Waals surface area contributed by atoms with Crippen LogP contribution >= 0.6 is 0 Å². The predicted octanol–water partition coefficient (Wildman–Crippen LogP) is 2.84. The summed E-state index contributed by atoms with van der Waals surface area (Å²) in [7, 11) is 0. The van der Waals surface area contributed by atoms with Crippen molar-refractivity contribution in [1.82, 2.24) is 0 Å². The first-order chi connectivity index (χ1) is 9.25. The Balaban J connectivity index is 1.88. The van der Waals surface area contributed by atoms with Crippen LogP contribution < -0.4 is 0 Å². The highest BCUT2D eigenvalue weighted by molar-refractivity contribution is 5.86. The van der Waals surface area contributed by atoms with Crippen molar-refractivity contribution in [1.29, 1.82) is 0 Å². The second kappa shape index (κ2) is 6.83. The Morgan fingerprint density at radius 3 is 2.95 bits per heavy atom. The van der Waals surface area contributed by atoms with Gasteiger partial charge in [0.05, 0.1) is 6.61 Å². The largest absolute Gasteiger partial charge is 0.477 e. The van der Waals surface area contributed by atoms with Crippen LogP contribution in [0.3, 0.4) is 0 Å². The third kappa shape index (κ3) is 4.32. The van der Waals surface area contributed by atoms with E-state index in [-0.39, 0.29) is 11.7 Å². The third-order valence-corrected chi connectivity index (χ3v) is 3.01. The molecule has 1 aliphatic rings. The molecule has 0 heterocycles. The van der Waals surface area contributed by atoms with Crippen LogP contribution in [0.1, 0.15) is 48.0 Å². The second-order valence-electron chi connectivity index (χ2n) is 4.55. The van der Waals surface area contributed by atoms with Gasteiger partial charge in [0.1, 0.15) is 11.7 Å². The fourth-order valence-corrected chi connectivity index (χ4v) is 1.92. The van der Waals surface area contributed by atoms with Crippen molar-refractivity contribution >= 4 is 5.97 Å². The number of hydrogen-bond acceptors (Lipinski definition) is 2. The maximum atomic E-state index is 10.7. The smallest absolute Gasteiger partial charge is 0.344 e. The molecule has 0 bridgehead atoms. The molecule has 1 aliphatic carbocycles. The van der Waals surface area contributed by atoms with Crippen LogP contribution in [-0.2, 0) is 11.3 Å². The number of aromatic carboxylic acids is 1. The van der Waals surface area contributed by atoms with Gasteiger partial charge in [0.25, 0.3) is 0 Å². The predicted molar refractivity (Wildman–Crippen MR) is 70.5 cm³/mol. The first-order valence-electron chi connectivity index (χ1n) is 6.52. The molecule has 1 unspecified atom stereocenters. The number of rotatable bonds is 4. The van der Waals surface area contributed by atoms with E-state index in [1.165, 1.54) is 18.9 Å². The quantitative estimate of drug-likeness (QED) is 0.843. The number of carboxylic acids is 1. The Kier molecular flexibility index (Phi) is 4.84. The fraction of sp³-hybridized carbons (Fsp3) is 0.438. The van der Waals surface area contributed by atoms with Crippen molar-refractivity contribution in [2.24, 2.45) is 0 Å². The average Bonchev–Trinajstić information content (AvgIpc) is 2.38. The summed E-state index contributed by atoms with van der Waals surface area (Å²) in [6.45, 7) is 0.399. The first kappa shape index (κ1) is 13.5. The molecule has 0 spiro atoms. The molecular weight excluding hydrogens is 240 g/mol. The highest BCUT2D eigenvalue weighted by Gasteiger charge is 2.08. The molecule has 0 saturated carbocycles. The lowest BCUT2D eigenvalue weighted by atomic mass is 10.1. The summed E-state index contributed by atoms with van der Waals surface area (Å²) in [6, 6.07) is 8.63. The van der Waals surface area contributed by atoms with Gasteiger partial charge in [0.15, 0.2) is 0 Å². The summed E-state index contributed by atoms with van der Waals surface area (Å²) in [5, 5.41) is 8.77. The van der Waals surface area contributed by atoms with Gasteiger partial charge in [-0.2, -0.15) is 0 Å². The molecule has 3 nitrogen and oxygen atoms in total. The lowest BCUT2D eigenvalue weighted by molar-refractivity contribution is 0.0689. The second-order valence-corrected chi connectivity index (χ2v) is 4.55. The number of carboxylic acid groups (broad SMARTS) is 1.